The third-order valence-electron chi connectivity index (χ3n) is 5.13. The van der Waals surface area contributed by atoms with Gasteiger partial charge in [-0.05, 0) is 50.0 Å². The number of aromatic nitrogens is 3. The van der Waals surface area contributed by atoms with Crippen molar-refractivity contribution in [3.8, 4) is 0 Å². The summed E-state index contributed by atoms with van der Waals surface area (Å²) < 4.78 is 1.79. The molecule has 0 aliphatic carbocycles. The average Bonchev–Trinajstić information content (AvgIpc) is 3.22. The van der Waals surface area contributed by atoms with Crippen molar-refractivity contribution in [3.05, 3.63) is 41.7 Å². The highest BCUT2D eigenvalue weighted by Crippen LogP contribution is 2.17. The van der Waals surface area contributed by atoms with Gasteiger partial charge >= 0.3 is 0 Å². The summed E-state index contributed by atoms with van der Waals surface area (Å²) in [6, 6.07) is 7.77. The number of amides is 2. The maximum absolute atomic E-state index is 12.4. The summed E-state index contributed by atoms with van der Waals surface area (Å²) in [6.45, 7) is 6.14. The quantitative estimate of drug-likeness (QED) is 0.679. The molecule has 1 atom stereocenters. The van der Waals surface area contributed by atoms with Gasteiger partial charge in [-0.1, -0.05) is 31.2 Å². The van der Waals surface area contributed by atoms with E-state index in [1.165, 1.54) is 0 Å². The monoisotopic (exact) mass is 384 g/mol. The summed E-state index contributed by atoms with van der Waals surface area (Å²) in [7, 11) is 0. The fourth-order valence-corrected chi connectivity index (χ4v) is 3.11. The third kappa shape index (κ3) is 5.16. The second-order valence-corrected chi connectivity index (χ2v) is 7.25. The Labute approximate surface area is 165 Å². The lowest BCUT2D eigenvalue weighted by Gasteiger charge is -2.22. The van der Waals surface area contributed by atoms with Crippen LogP contribution in [0.1, 0.15) is 55.2 Å². The summed E-state index contributed by atoms with van der Waals surface area (Å²) in [6.07, 6.45) is 4.48. The Kier molecular flexibility index (Phi) is 6.76. The van der Waals surface area contributed by atoms with Gasteiger partial charge in [0, 0.05) is 18.2 Å². The SMILES string of the molecule is CCC(C)C(=O)Nc1cccc(CNC(=O)c2cn(C3CCNCC3)nn2)c1. The predicted octanol–water partition coefficient (Wildman–Crippen LogP) is 2.12. The van der Waals surface area contributed by atoms with Crippen LogP contribution in [0.25, 0.3) is 0 Å². The first kappa shape index (κ1) is 20.0. The lowest BCUT2D eigenvalue weighted by molar-refractivity contribution is -0.119. The molecule has 1 aliphatic heterocycles. The number of benzene rings is 1. The van der Waals surface area contributed by atoms with Crippen LogP contribution >= 0.6 is 0 Å². The molecule has 1 unspecified atom stereocenters. The van der Waals surface area contributed by atoms with Crippen LogP contribution in [0.4, 0.5) is 5.69 Å². The number of carbonyl (C=O) groups is 2. The van der Waals surface area contributed by atoms with Crippen molar-refractivity contribution in [1.29, 1.82) is 0 Å². The van der Waals surface area contributed by atoms with Crippen molar-refractivity contribution in [2.75, 3.05) is 18.4 Å². The van der Waals surface area contributed by atoms with E-state index in [2.05, 4.69) is 26.3 Å². The highest BCUT2D eigenvalue weighted by molar-refractivity contribution is 5.93. The topological polar surface area (TPSA) is 101 Å². The first-order valence-electron chi connectivity index (χ1n) is 9.87. The molecule has 8 nitrogen and oxygen atoms in total. The number of anilines is 1. The smallest absolute Gasteiger partial charge is 0.273 e. The molecule has 2 amide bonds. The molecular formula is C20H28N6O2. The molecule has 3 rings (SSSR count). The van der Waals surface area contributed by atoms with Gasteiger partial charge in [0.25, 0.3) is 5.91 Å². The molecule has 2 heterocycles. The van der Waals surface area contributed by atoms with Crippen LogP contribution in [0.2, 0.25) is 0 Å². The van der Waals surface area contributed by atoms with Crippen LogP contribution in [0, 0.1) is 5.92 Å². The standard InChI is InChI=1S/C20H28N6O2/c1-3-14(2)19(27)23-16-6-4-5-15(11-16)12-22-20(28)18-13-26(25-24-18)17-7-9-21-10-8-17/h4-6,11,13-14,17,21H,3,7-10,12H2,1-2H3,(H,22,28)(H,23,27). The average molecular weight is 384 g/mol. The van der Waals surface area contributed by atoms with Crippen molar-refractivity contribution in [3.63, 3.8) is 0 Å². The van der Waals surface area contributed by atoms with Gasteiger partial charge in [-0.25, -0.2) is 4.68 Å². The Morgan fingerprint density at radius 2 is 2.11 bits per heavy atom. The van der Waals surface area contributed by atoms with Gasteiger partial charge in [-0.3, -0.25) is 9.59 Å². The van der Waals surface area contributed by atoms with E-state index >= 15 is 0 Å². The maximum atomic E-state index is 12.4. The number of nitrogens with one attached hydrogen (secondary N) is 3. The molecule has 0 bridgehead atoms. The molecule has 0 radical (unpaired) electrons. The first-order chi connectivity index (χ1) is 13.6. The predicted molar refractivity (Wildman–Crippen MR) is 107 cm³/mol. The Hall–Kier alpha value is -2.74. The van der Waals surface area contributed by atoms with Crippen LogP contribution < -0.4 is 16.0 Å². The molecule has 150 valence electrons. The zero-order valence-electron chi connectivity index (χ0n) is 16.4. The molecule has 1 aromatic heterocycles. The largest absolute Gasteiger partial charge is 0.347 e. The fraction of sp³-hybridized carbons (Fsp3) is 0.500. The summed E-state index contributed by atoms with van der Waals surface area (Å²) in [5.41, 5.74) is 1.95. The number of hydrogen-bond donors (Lipinski definition) is 3. The molecular weight excluding hydrogens is 356 g/mol. The van der Waals surface area contributed by atoms with Crippen molar-refractivity contribution >= 4 is 17.5 Å². The van der Waals surface area contributed by atoms with Crippen molar-refractivity contribution in [2.24, 2.45) is 5.92 Å². The molecule has 2 aromatic rings. The van der Waals surface area contributed by atoms with Gasteiger partial charge in [0.1, 0.15) is 0 Å². The molecule has 3 N–H and O–H groups in total. The lowest BCUT2D eigenvalue weighted by Crippen LogP contribution is -2.29. The minimum atomic E-state index is -0.255. The lowest BCUT2D eigenvalue weighted by atomic mass is 10.1. The summed E-state index contributed by atoms with van der Waals surface area (Å²) in [4.78, 5) is 24.4. The van der Waals surface area contributed by atoms with Crippen molar-refractivity contribution in [2.45, 2.75) is 45.7 Å². The van der Waals surface area contributed by atoms with Gasteiger partial charge in [0.2, 0.25) is 5.91 Å². The van der Waals surface area contributed by atoms with E-state index < -0.39 is 0 Å². The van der Waals surface area contributed by atoms with E-state index in [0.717, 1.165) is 43.6 Å². The molecule has 0 spiro atoms. The second kappa shape index (κ2) is 9.45. The highest BCUT2D eigenvalue weighted by Gasteiger charge is 2.18. The van der Waals surface area contributed by atoms with E-state index in [1.54, 1.807) is 10.9 Å². The zero-order valence-corrected chi connectivity index (χ0v) is 16.4. The van der Waals surface area contributed by atoms with Gasteiger partial charge < -0.3 is 16.0 Å². The first-order valence-corrected chi connectivity index (χ1v) is 9.87. The maximum Gasteiger partial charge on any atom is 0.273 e. The van der Waals surface area contributed by atoms with Crippen LogP contribution in [-0.2, 0) is 11.3 Å². The van der Waals surface area contributed by atoms with Gasteiger partial charge in [0.05, 0.1) is 12.2 Å². The minimum absolute atomic E-state index is 0.00166. The molecule has 28 heavy (non-hydrogen) atoms. The number of nitrogens with zero attached hydrogens (tertiary/aromatic N) is 3. The second-order valence-electron chi connectivity index (χ2n) is 7.25. The normalized spacial score (nSPS) is 15.8. The zero-order chi connectivity index (χ0) is 19.9. The van der Waals surface area contributed by atoms with E-state index in [0.29, 0.717) is 18.3 Å². The van der Waals surface area contributed by atoms with Gasteiger partial charge in [-0.2, -0.15) is 0 Å². The van der Waals surface area contributed by atoms with Gasteiger partial charge in [0.15, 0.2) is 5.69 Å². The Balaban J connectivity index is 1.55. The number of carbonyl (C=O) groups excluding carboxylic acids is 2. The minimum Gasteiger partial charge on any atom is -0.347 e. The third-order valence-corrected chi connectivity index (χ3v) is 5.13. The number of hydrogen-bond acceptors (Lipinski definition) is 5. The summed E-state index contributed by atoms with van der Waals surface area (Å²) in [5, 5.41) is 17.2. The molecule has 8 heteroatoms. The number of rotatable bonds is 7. The van der Waals surface area contributed by atoms with Crippen LogP contribution in [0.15, 0.2) is 30.5 Å². The highest BCUT2D eigenvalue weighted by atomic mass is 16.2. The van der Waals surface area contributed by atoms with Crippen LogP contribution in [-0.4, -0.2) is 39.9 Å². The van der Waals surface area contributed by atoms with Crippen LogP contribution in [0.3, 0.4) is 0 Å². The Morgan fingerprint density at radius 3 is 2.86 bits per heavy atom. The van der Waals surface area contributed by atoms with Gasteiger partial charge in [-0.15, -0.1) is 5.10 Å². The Bertz CT molecular complexity index is 813. The van der Waals surface area contributed by atoms with E-state index in [-0.39, 0.29) is 17.7 Å². The van der Waals surface area contributed by atoms with E-state index in [9.17, 15) is 9.59 Å². The molecule has 1 aromatic carbocycles. The molecule has 0 saturated carbocycles. The van der Waals surface area contributed by atoms with Crippen molar-refractivity contribution < 1.29 is 9.59 Å². The van der Waals surface area contributed by atoms with Crippen molar-refractivity contribution in [1.82, 2.24) is 25.6 Å². The van der Waals surface area contributed by atoms with E-state index in [4.69, 9.17) is 0 Å². The Morgan fingerprint density at radius 1 is 1.32 bits per heavy atom. The number of piperidine rings is 1. The summed E-state index contributed by atoms with van der Waals surface area (Å²) in [5.74, 6) is -0.293. The summed E-state index contributed by atoms with van der Waals surface area (Å²) >= 11 is 0. The molecule has 1 aliphatic rings. The van der Waals surface area contributed by atoms with Crippen LogP contribution in [0.5, 0.6) is 0 Å². The van der Waals surface area contributed by atoms with E-state index in [1.807, 2.05) is 38.1 Å². The molecule has 1 saturated heterocycles. The fourth-order valence-electron chi connectivity index (χ4n) is 3.11. The molecule has 1 fully saturated rings.